The van der Waals surface area contributed by atoms with Crippen LogP contribution in [0, 0.1) is 0 Å². The van der Waals surface area contributed by atoms with Crippen molar-refractivity contribution < 1.29 is 9.63 Å². The first-order valence-electron chi connectivity index (χ1n) is 7.13. The van der Waals surface area contributed by atoms with Crippen LogP contribution in [0.15, 0.2) is 24.3 Å². The van der Waals surface area contributed by atoms with Crippen molar-refractivity contribution in [2.45, 2.75) is 44.4 Å². The Morgan fingerprint density at radius 1 is 1.37 bits per heavy atom. The summed E-state index contributed by atoms with van der Waals surface area (Å²) in [7, 11) is 0. The standard InChI is InChI=1S/C16H21NO2/c1-16(2)9-8-13(12-6-3-4-7-14(12)16)15(18)17-10-5-11-19-17/h3-4,6-7,13H,5,8-11H2,1-2H3/t13-/m1/s1. The normalized spacial score (nSPS) is 25.2. The SMILES string of the molecule is CC1(C)CC[C@@H](C(=O)N2CCCO2)c2ccccc21. The molecule has 1 aromatic carbocycles. The molecule has 1 fully saturated rings. The lowest BCUT2D eigenvalue weighted by Gasteiger charge is -2.37. The van der Waals surface area contributed by atoms with E-state index < -0.39 is 0 Å². The van der Waals surface area contributed by atoms with Crippen LogP contribution in [-0.4, -0.2) is 24.1 Å². The highest BCUT2D eigenvalue weighted by Gasteiger charge is 2.38. The Bertz CT molecular complexity index is 489. The van der Waals surface area contributed by atoms with Crippen molar-refractivity contribution >= 4 is 5.91 Å². The minimum Gasteiger partial charge on any atom is -0.272 e. The van der Waals surface area contributed by atoms with Gasteiger partial charge in [0, 0.05) is 0 Å². The summed E-state index contributed by atoms with van der Waals surface area (Å²) >= 11 is 0. The number of fused-ring (bicyclic) bond motifs is 1. The van der Waals surface area contributed by atoms with Crippen molar-refractivity contribution in [3.63, 3.8) is 0 Å². The topological polar surface area (TPSA) is 29.5 Å². The van der Waals surface area contributed by atoms with Crippen LogP contribution in [0.3, 0.4) is 0 Å². The molecule has 0 bridgehead atoms. The molecule has 1 aliphatic carbocycles. The van der Waals surface area contributed by atoms with E-state index in [4.69, 9.17) is 4.84 Å². The third kappa shape index (κ3) is 2.16. The molecular weight excluding hydrogens is 238 g/mol. The first-order valence-corrected chi connectivity index (χ1v) is 7.13. The van der Waals surface area contributed by atoms with Crippen molar-refractivity contribution in [3.05, 3.63) is 35.4 Å². The van der Waals surface area contributed by atoms with Gasteiger partial charge in [-0.1, -0.05) is 38.1 Å². The molecule has 1 aromatic rings. The summed E-state index contributed by atoms with van der Waals surface area (Å²) in [4.78, 5) is 18.0. The number of hydroxylamine groups is 2. The van der Waals surface area contributed by atoms with Crippen molar-refractivity contribution in [2.75, 3.05) is 13.2 Å². The van der Waals surface area contributed by atoms with Crippen molar-refractivity contribution in [1.82, 2.24) is 5.06 Å². The first kappa shape index (κ1) is 12.7. The number of carbonyl (C=O) groups excluding carboxylic acids is 1. The molecule has 3 heteroatoms. The van der Waals surface area contributed by atoms with Crippen LogP contribution in [-0.2, 0) is 15.0 Å². The lowest BCUT2D eigenvalue weighted by molar-refractivity contribution is -0.171. The summed E-state index contributed by atoms with van der Waals surface area (Å²) < 4.78 is 0. The Morgan fingerprint density at radius 2 is 2.16 bits per heavy atom. The zero-order valence-electron chi connectivity index (χ0n) is 11.7. The molecule has 19 heavy (non-hydrogen) atoms. The molecule has 2 aliphatic rings. The number of hydrogen-bond donors (Lipinski definition) is 0. The molecule has 0 radical (unpaired) electrons. The third-order valence-electron chi connectivity index (χ3n) is 4.42. The number of benzene rings is 1. The average Bonchev–Trinajstić information content (AvgIpc) is 2.92. The van der Waals surface area contributed by atoms with Crippen LogP contribution >= 0.6 is 0 Å². The number of nitrogens with zero attached hydrogens (tertiary/aromatic N) is 1. The van der Waals surface area contributed by atoms with Gasteiger partial charge in [0.05, 0.1) is 19.1 Å². The lowest BCUT2D eigenvalue weighted by Crippen LogP contribution is -2.36. The van der Waals surface area contributed by atoms with Crippen molar-refractivity contribution in [3.8, 4) is 0 Å². The van der Waals surface area contributed by atoms with Gasteiger partial charge in [0.1, 0.15) is 0 Å². The minimum absolute atomic E-state index is 0.0256. The van der Waals surface area contributed by atoms with Gasteiger partial charge in [-0.2, -0.15) is 0 Å². The Kier molecular flexibility index (Phi) is 3.09. The molecule has 3 nitrogen and oxygen atoms in total. The monoisotopic (exact) mass is 259 g/mol. The molecule has 0 unspecified atom stereocenters. The summed E-state index contributed by atoms with van der Waals surface area (Å²) in [6, 6.07) is 8.37. The summed E-state index contributed by atoms with van der Waals surface area (Å²) in [5, 5.41) is 1.57. The molecule has 0 N–H and O–H groups in total. The van der Waals surface area contributed by atoms with E-state index in [1.165, 1.54) is 11.1 Å². The Balaban J connectivity index is 1.94. The van der Waals surface area contributed by atoms with Crippen LogP contribution < -0.4 is 0 Å². The zero-order chi connectivity index (χ0) is 13.5. The van der Waals surface area contributed by atoms with Gasteiger partial charge in [-0.15, -0.1) is 0 Å². The van der Waals surface area contributed by atoms with E-state index in [1.54, 1.807) is 5.06 Å². The number of amides is 1. The highest BCUT2D eigenvalue weighted by Crippen LogP contribution is 2.43. The van der Waals surface area contributed by atoms with Gasteiger partial charge in [-0.05, 0) is 35.8 Å². The van der Waals surface area contributed by atoms with E-state index in [0.717, 1.165) is 25.8 Å². The van der Waals surface area contributed by atoms with E-state index in [9.17, 15) is 4.79 Å². The van der Waals surface area contributed by atoms with Gasteiger partial charge in [-0.3, -0.25) is 9.63 Å². The Morgan fingerprint density at radius 3 is 2.89 bits per heavy atom. The molecule has 0 spiro atoms. The van der Waals surface area contributed by atoms with Gasteiger partial charge in [0.25, 0.3) is 5.91 Å². The maximum absolute atomic E-state index is 12.6. The second kappa shape index (κ2) is 4.64. The van der Waals surface area contributed by atoms with Crippen molar-refractivity contribution in [1.29, 1.82) is 0 Å². The smallest absolute Gasteiger partial charge is 0.253 e. The number of carbonyl (C=O) groups is 1. The molecule has 1 saturated heterocycles. The predicted molar refractivity (Wildman–Crippen MR) is 73.7 cm³/mol. The van der Waals surface area contributed by atoms with Gasteiger partial charge in [-0.25, -0.2) is 5.06 Å². The van der Waals surface area contributed by atoms with Crippen LogP contribution in [0.5, 0.6) is 0 Å². The van der Waals surface area contributed by atoms with E-state index >= 15 is 0 Å². The number of rotatable bonds is 1. The zero-order valence-corrected chi connectivity index (χ0v) is 11.7. The lowest BCUT2D eigenvalue weighted by atomic mass is 9.68. The molecule has 1 heterocycles. The quantitative estimate of drug-likeness (QED) is 0.776. The van der Waals surface area contributed by atoms with Gasteiger partial charge < -0.3 is 0 Å². The fourth-order valence-electron chi connectivity index (χ4n) is 3.26. The van der Waals surface area contributed by atoms with Crippen LogP contribution in [0.4, 0.5) is 0 Å². The summed E-state index contributed by atoms with van der Waals surface area (Å²) in [6.45, 7) is 5.93. The molecule has 0 saturated carbocycles. The maximum Gasteiger partial charge on any atom is 0.253 e. The van der Waals surface area contributed by atoms with Gasteiger partial charge >= 0.3 is 0 Å². The molecule has 0 aromatic heterocycles. The van der Waals surface area contributed by atoms with E-state index in [0.29, 0.717) is 6.61 Å². The minimum atomic E-state index is -0.0256. The van der Waals surface area contributed by atoms with Gasteiger partial charge in [0.2, 0.25) is 0 Å². The summed E-state index contributed by atoms with van der Waals surface area (Å²) in [5.41, 5.74) is 2.68. The van der Waals surface area contributed by atoms with Gasteiger partial charge in [0.15, 0.2) is 0 Å². The third-order valence-corrected chi connectivity index (χ3v) is 4.42. The average molecular weight is 259 g/mol. The second-order valence-electron chi connectivity index (χ2n) is 6.19. The van der Waals surface area contributed by atoms with Crippen LogP contribution in [0.25, 0.3) is 0 Å². The second-order valence-corrected chi connectivity index (χ2v) is 6.19. The maximum atomic E-state index is 12.6. The largest absolute Gasteiger partial charge is 0.272 e. The summed E-state index contributed by atoms with van der Waals surface area (Å²) in [5.74, 6) is 0.114. The van der Waals surface area contributed by atoms with Crippen LogP contribution in [0.2, 0.25) is 0 Å². The predicted octanol–water partition coefficient (Wildman–Crippen LogP) is 3.01. The molecule has 1 aliphatic heterocycles. The summed E-state index contributed by atoms with van der Waals surface area (Å²) in [6.07, 6.45) is 2.92. The number of hydrogen-bond acceptors (Lipinski definition) is 2. The Hall–Kier alpha value is -1.35. The molecule has 1 amide bonds. The van der Waals surface area contributed by atoms with E-state index in [-0.39, 0.29) is 17.2 Å². The molecule has 3 rings (SSSR count). The van der Waals surface area contributed by atoms with E-state index in [2.05, 4.69) is 32.0 Å². The molecule has 1 atom stereocenters. The molecule has 102 valence electrons. The fourth-order valence-corrected chi connectivity index (χ4v) is 3.26. The molecular formula is C16H21NO2. The highest BCUT2D eigenvalue weighted by molar-refractivity contribution is 5.84. The first-order chi connectivity index (χ1) is 9.09. The highest BCUT2D eigenvalue weighted by atomic mass is 16.7. The van der Waals surface area contributed by atoms with Crippen molar-refractivity contribution in [2.24, 2.45) is 0 Å². The van der Waals surface area contributed by atoms with E-state index in [1.807, 2.05) is 6.07 Å². The Labute approximate surface area is 114 Å². The fraction of sp³-hybridized carbons (Fsp3) is 0.562. The van der Waals surface area contributed by atoms with Crippen LogP contribution in [0.1, 0.15) is 50.2 Å².